The number of aromatic nitrogens is 1. The van der Waals surface area contributed by atoms with Crippen LogP contribution in [0.3, 0.4) is 0 Å². The predicted molar refractivity (Wildman–Crippen MR) is 61.7 cm³/mol. The molecule has 0 radical (unpaired) electrons. The molecule has 0 atom stereocenters. The van der Waals surface area contributed by atoms with Crippen molar-refractivity contribution in [1.82, 2.24) is 4.98 Å². The minimum atomic E-state index is -0.880. The van der Waals surface area contributed by atoms with Gasteiger partial charge >= 0.3 is 0 Å². The van der Waals surface area contributed by atoms with Gasteiger partial charge in [-0.15, -0.1) is 0 Å². The van der Waals surface area contributed by atoms with E-state index in [1.54, 1.807) is 19.9 Å². The van der Waals surface area contributed by atoms with Crippen molar-refractivity contribution in [3.8, 4) is 0 Å². The molecule has 0 unspecified atom stereocenters. The van der Waals surface area contributed by atoms with Gasteiger partial charge in [0.15, 0.2) is 11.6 Å². The van der Waals surface area contributed by atoms with Crippen molar-refractivity contribution in [3.63, 3.8) is 0 Å². The molecule has 0 saturated carbocycles. The molecule has 0 aliphatic carbocycles. The molecule has 0 aliphatic heterocycles. The van der Waals surface area contributed by atoms with Crippen LogP contribution in [-0.4, -0.2) is 22.2 Å². The van der Waals surface area contributed by atoms with Gasteiger partial charge in [0, 0.05) is 12.7 Å². The fourth-order valence-electron chi connectivity index (χ4n) is 0.843. The van der Waals surface area contributed by atoms with E-state index in [9.17, 15) is 9.50 Å². The first-order valence-corrected chi connectivity index (χ1v) is 5.24. The second-order valence-electron chi connectivity index (χ2n) is 3.62. The van der Waals surface area contributed by atoms with E-state index in [2.05, 4.69) is 10.3 Å². The van der Waals surface area contributed by atoms with Crippen LogP contribution in [0.4, 0.5) is 10.2 Å². The standard InChI is InChI=1S/C9H12FIN2O/c1-9(2,14)5-13-8-7(10)6(11)3-4-12-8/h3-4,14H,5H2,1-2H3,(H,12,13). The van der Waals surface area contributed by atoms with Crippen LogP contribution < -0.4 is 5.32 Å². The maximum Gasteiger partial charge on any atom is 0.178 e. The van der Waals surface area contributed by atoms with E-state index in [4.69, 9.17) is 0 Å². The van der Waals surface area contributed by atoms with Crippen molar-refractivity contribution in [2.45, 2.75) is 19.4 Å². The Morgan fingerprint density at radius 3 is 2.86 bits per heavy atom. The smallest absolute Gasteiger partial charge is 0.178 e. The summed E-state index contributed by atoms with van der Waals surface area (Å²) in [5.74, 6) is -0.198. The molecular weight excluding hydrogens is 298 g/mol. The highest BCUT2D eigenvalue weighted by molar-refractivity contribution is 14.1. The average molecular weight is 310 g/mol. The first kappa shape index (κ1) is 11.6. The highest BCUT2D eigenvalue weighted by Gasteiger charge is 2.14. The third-order valence-corrected chi connectivity index (χ3v) is 2.36. The Morgan fingerprint density at radius 2 is 2.29 bits per heavy atom. The van der Waals surface area contributed by atoms with Crippen molar-refractivity contribution in [2.24, 2.45) is 0 Å². The highest BCUT2D eigenvalue weighted by Crippen LogP contribution is 2.17. The number of nitrogens with zero attached hydrogens (tertiary/aromatic N) is 1. The van der Waals surface area contributed by atoms with Crippen molar-refractivity contribution >= 4 is 28.4 Å². The summed E-state index contributed by atoms with van der Waals surface area (Å²) in [4.78, 5) is 3.84. The summed E-state index contributed by atoms with van der Waals surface area (Å²) in [6, 6.07) is 1.59. The highest BCUT2D eigenvalue weighted by atomic mass is 127. The molecule has 3 nitrogen and oxygen atoms in total. The molecule has 0 fully saturated rings. The molecule has 1 heterocycles. The van der Waals surface area contributed by atoms with E-state index in [-0.39, 0.29) is 18.2 Å². The van der Waals surface area contributed by atoms with E-state index < -0.39 is 5.60 Å². The maximum atomic E-state index is 13.4. The van der Waals surface area contributed by atoms with Crippen molar-refractivity contribution in [2.75, 3.05) is 11.9 Å². The van der Waals surface area contributed by atoms with Gasteiger partial charge in [0.2, 0.25) is 0 Å². The van der Waals surface area contributed by atoms with Gasteiger partial charge < -0.3 is 10.4 Å². The first-order chi connectivity index (χ1) is 6.40. The Bertz CT molecular complexity index is 325. The molecular formula is C9H12FIN2O. The van der Waals surface area contributed by atoms with Crippen LogP contribution in [0.1, 0.15) is 13.8 Å². The Labute approximate surface area is 95.9 Å². The molecule has 0 amide bonds. The molecule has 1 aromatic heterocycles. The number of pyridine rings is 1. The lowest BCUT2D eigenvalue weighted by Crippen LogP contribution is -2.30. The maximum absolute atomic E-state index is 13.4. The van der Waals surface area contributed by atoms with Crippen LogP contribution >= 0.6 is 22.6 Å². The fourth-order valence-corrected chi connectivity index (χ4v) is 1.26. The van der Waals surface area contributed by atoms with Crippen molar-refractivity contribution in [3.05, 3.63) is 21.7 Å². The third-order valence-electron chi connectivity index (χ3n) is 1.53. The van der Waals surface area contributed by atoms with Crippen molar-refractivity contribution in [1.29, 1.82) is 0 Å². The van der Waals surface area contributed by atoms with Crippen LogP contribution in [0.15, 0.2) is 12.3 Å². The van der Waals surface area contributed by atoms with Crippen LogP contribution in [0.2, 0.25) is 0 Å². The SMILES string of the molecule is CC(C)(O)CNc1nccc(I)c1F. The Hall–Kier alpha value is -0.430. The Kier molecular flexibility index (Phi) is 3.65. The number of aliphatic hydroxyl groups is 1. The van der Waals surface area contributed by atoms with Gasteiger partial charge in [-0.1, -0.05) is 0 Å². The fraction of sp³-hybridized carbons (Fsp3) is 0.444. The monoisotopic (exact) mass is 310 g/mol. The molecule has 5 heteroatoms. The zero-order chi connectivity index (χ0) is 10.8. The van der Waals surface area contributed by atoms with Gasteiger partial charge in [-0.3, -0.25) is 0 Å². The normalized spacial score (nSPS) is 11.5. The summed E-state index contributed by atoms with van der Waals surface area (Å²) >= 11 is 1.89. The average Bonchev–Trinajstić information content (AvgIpc) is 2.06. The molecule has 0 saturated heterocycles. The molecule has 1 aromatic rings. The summed E-state index contributed by atoms with van der Waals surface area (Å²) in [7, 11) is 0. The second kappa shape index (κ2) is 4.39. The van der Waals surface area contributed by atoms with Gasteiger partial charge in [0.25, 0.3) is 0 Å². The molecule has 78 valence electrons. The van der Waals surface area contributed by atoms with E-state index in [1.165, 1.54) is 6.20 Å². The topological polar surface area (TPSA) is 45.1 Å². The zero-order valence-electron chi connectivity index (χ0n) is 8.01. The van der Waals surface area contributed by atoms with Gasteiger partial charge in [-0.05, 0) is 42.5 Å². The molecule has 0 bridgehead atoms. The van der Waals surface area contributed by atoms with Gasteiger partial charge in [-0.25, -0.2) is 9.37 Å². The second-order valence-corrected chi connectivity index (χ2v) is 4.78. The largest absolute Gasteiger partial charge is 0.389 e. The van der Waals surface area contributed by atoms with Gasteiger partial charge in [0.1, 0.15) is 0 Å². The summed E-state index contributed by atoms with van der Waals surface area (Å²) in [5, 5.41) is 12.2. The Balaban J connectivity index is 2.73. The van der Waals surface area contributed by atoms with E-state index >= 15 is 0 Å². The Morgan fingerprint density at radius 1 is 1.64 bits per heavy atom. The lowest BCUT2D eigenvalue weighted by molar-refractivity contribution is 0.0943. The van der Waals surface area contributed by atoms with Crippen LogP contribution in [-0.2, 0) is 0 Å². The molecule has 0 aromatic carbocycles. The number of rotatable bonds is 3. The summed E-state index contributed by atoms with van der Waals surface area (Å²) in [5.41, 5.74) is -0.880. The molecule has 0 spiro atoms. The lowest BCUT2D eigenvalue weighted by atomic mass is 10.1. The van der Waals surface area contributed by atoms with E-state index in [0.717, 1.165) is 0 Å². The molecule has 14 heavy (non-hydrogen) atoms. The number of halogens is 2. The van der Waals surface area contributed by atoms with Crippen LogP contribution in [0.5, 0.6) is 0 Å². The lowest BCUT2D eigenvalue weighted by Gasteiger charge is -2.18. The van der Waals surface area contributed by atoms with Crippen LogP contribution in [0.25, 0.3) is 0 Å². The molecule has 0 aliphatic rings. The summed E-state index contributed by atoms with van der Waals surface area (Å²) in [6.45, 7) is 3.55. The van der Waals surface area contributed by atoms with Gasteiger partial charge in [0.05, 0.1) is 9.17 Å². The zero-order valence-corrected chi connectivity index (χ0v) is 10.2. The van der Waals surface area contributed by atoms with E-state index in [0.29, 0.717) is 3.57 Å². The molecule has 1 rings (SSSR count). The van der Waals surface area contributed by atoms with Gasteiger partial charge in [-0.2, -0.15) is 0 Å². The minimum absolute atomic E-state index is 0.180. The summed E-state index contributed by atoms with van der Waals surface area (Å²) < 4.78 is 13.9. The summed E-state index contributed by atoms with van der Waals surface area (Å²) in [6.07, 6.45) is 1.53. The number of anilines is 1. The quantitative estimate of drug-likeness (QED) is 0.840. The predicted octanol–water partition coefficient (Wildman–Crippen LogP) is 2.01. The van der Waals surface area contributed by atoms with Crippen LogP contribution in [0, 0.1) is 9.39 Å². The number of hydrogen-bond donors (Lipinski definition) is 2. The first-order valence-electron chi connectivity index (χ1n) is 4.16. The van der Waals surface area contributed by atoms with Crippen molar-refractivity contribution < 1.29 is 9.50 Å². The number of nitrogens with one attached hydrogen (secondary N) is 1. The van der Waals surface area contributed by atoms with E-state index in [1.807, 2.05) is 22.6 Å². The number of hydrogen-bond acceptors (Lipinski definition) is 3. The third kappa shape index (κ3) is 3.38. The molecule has 2 N–H and O–H groups in total. The minimum Gasteiger partial charge on any atom is -0.389 e.